The van der Waals surface area contributed by atoms with Crippen molar-refractivity contribution < 1.29 is 14.6 Å². The van der Waals surface area contributed by atoms with Gasteiger partial charge in [-0.2, -0.15) is 9.83 Å². The summed E-state index contributed by atoms with van der Waals surface area (Å²) in [6.07, 6.45) is 9.99. The minimum absolute atomic E-state index is 0.0358. The SMILES string of the molecule is C#CC1(O)CCC(n2cc3cc(NC(=O)c4cccc(C)[n+]4[O-])c(N(C)C)cc3n2)CC1. The third kappa shape index (κ3) is 3.99. The largest absolute Gasteiger partial charge is 0.618 e. The molecule has 3 aromatic rings. The molecule has 0 atom stereocenters. The van der Waals surface area contributed by atoms with Crippen LogP contribution in [-0.4, -0.2) is 40.5 Å². The fourth-order valence-corrected chi connectivity index (χ4v) is 4.18. The number of hydrogen-bond acceptors (Lipinski definition) is 5. The van der Waals surface area contributed by atoms with E-state index in [0.717, 1.165) is 29.4 Å². The summed E-state index contributed by atoms with van der Waals surface area (Å²) in [7, 11) is 3.77. The van der Waals surface area contributed by atoms with Gasteiger partial charge >= 0.3 is 5.91 Å². The zero-order valence-electron chi connectivity index (χ0n) is 18.5. The molecule has 8 nitrogen and oxygen atoms in total. The van der Waals surface area contributed by atoms with Crippen LogP contribution in [0.5, 0.6) is 0 Å². The van der Waals surface area contributed by atoms with E-state index in [9.17, 15) is 15.1 Å². The molecule has 8 heteroatoms. The number of fused-ring (bicyclic) bond motifs is 1. The average Bonchev–Trinajstić information content (AvgIpc) is 3.18. The van der Waals surface area contributed by atoms with E-state index < -0.39 is 11.5 Å². The molecule has 1 amide bonds. The maximum absolute atomic E-state index is 12.8. The molecule has 1 saturated carbocycles. The Morgan fingerprint density at radius 1 is 1.38 bits per heavy atom. The lowest BCUT2D eigenvalue weighted by molar-refractivity contribution is -0.614. The number of carbonyl (C=O) groups is 1. The van der Waals surface area contributed by atoms with Crippen LogP contribution in [-0.2, 0) is 0 Å². The highest BCUT2D eigenvalue weighted by atomic mass is 16.5. The number of aromatic nitrogens is 3. The number of nitrogens with one attached hydrogen (secondary N) is 1. The third-order valence-corrected chi connectivity index (χ3v) is 6.16. The summed E-state index contributed by atoms with van der Waals surface area (Å²) in [5.74, 6) is 2.03. The van der Waals surface area contributed by atoms with E-state index in [1.807, 2.05) is 42.0 Å². The fourth-order valence-electron chi connectivity index (χ4n) is 4.18. The number of amides is 1. The Hall–Kier alpha value is -3.57. The van der Waals surface area contributed by atoms with Crippen molar-refractivity contribution >= 4 is 28.2 Å². The lowest BCUT2D eigenvalue weighted by Gasteiger charge is -2.32. The first-order chi connectivity index (χ1) is 15.2. The van der Waals surface area contributed by atoms with Gasteiger partial charge in [-0.25, -0.2) is 0 Å². The van der Waals surface area contributed by atoms with Crippen LogP contribution in [0.2, 0.25) is 0 Å². The van der Waals surface area contributed by atoms with E-state index in [1.54, 1.807) is 19.1 Å². The highest BCUT2D eigenvalue weighted by Crippen LogP contribution is 2.36. The second-order valence-corrected chi connectivity index (χ2v) is 8.64. The van der Waals surface area contributed by atoms with Crippen LogP contribution in [0.3, 0.4) is 0 Å². The van der Waals surface area contributed by atoms with E-state index in [2.05, 4.69) is 11.2 Å². The van der Waals surface area contributed by atoms with Gasteiger partial charge in [-0.1, -0.05) is 5.92 Å². The molecular formula is C24H27N5O3. The number of anilines is 2. The summed E-state index contributed by atoms with van der Waals surface area (Å²) in [5.41, 5.74) is 1.65. The molecule has 2 heterocycles. The van der Waals surface area contributed by atoms with Gasteiger partial charge in [0.1, 0.15) is 5.60 Å². The van der Waals surface area contributed by atoms with E-state index in [4.69, 9.17) is 11.5 Å². The predicted octanol–water partition coefficient (Wildman–Crippen LogP) is 2.78. The third-order valence-electron chi connectivity index (χ3n) is 6.16. The van der Waals surface area contributed by atoms with Gasteiger partial charge in [0.2, 0.25) is 0 Å². The van der Waals surface area contributed by atoms with Crippen molar-refractivity contribution in [3.05, 3.63) is 53.1 Å². The van der Waals surface area contributed by atoms with Crippen molar-refractivity contribution in [1.82, 2.24) is 9.78 Å². The molecule has 1 aliphatic rings. The molecule has 0 unspecified atom stereocenters. The summed E-state index contributed by atoms with van der Waals surface area (Å²) < 4.78 is 2.56. The Balaban J connectivity index is 1.65. The number of terminal acetylenes is 1. The maximum Gasteiger partial charge on any atom is 0.321 e. The molecule has 166 valence electrons. The minimum atomic E-state index is -1.02. The Labute approximate surface area is 187 Å². The highest BCUT2D eigenvalue weighted by Gasteiger charge is 2.32. The highest BCUT2D eigenvalue weighted by molar-refractivity contribution is 6.05. The summed E-state index contributed by atoms with van der Waals surface area (Å²) in [6.45, 7) is 1.66. The molecule has 0 bridgehead atoms. The van der Waals surface area contributed by atoms with Crippen molar-refractivity contribution in [2.24, 2.45) is 0 Å². The average molecular weight is 434 g/mol. The zero-order chi connectivity index (χ0) is 23.0. The number of carbonyl (C=O) groups excluding carboxylic acids is 1. The molecule has 1 aromatic carbocycles. The van der Waals surface area contributed by atoms with Crippen molar-refractivity contribution in [2.45, 2.75) is 44.2 Å². The molecule has 0 radical (unpaired) electrons. The summed E-state index contributed by atoms with van der Waals surface area (Å²) in [5, 5.41) is 31.1. The zero-order valence-corrected chi connectivity index (χ0v) is 18.5. The normalized spacial score (nSPS) is 20.7. The predicted molar refractivity (Wildman–Crippen MR) is 123 cm³/mol. The second kappa shape index (κ2) is 8.17. The maximum atomic E-state index is 12.8. The van der Waals surface area contributed by atoms with Crippen LogP contribution in [0.15, 0.2) is 36.5 Å². The first kappa shape index (κ1) is 21.7. The molecule has 0 aliphatic heterocycles. The first-order valence-electron chi connectivity index (χ1n) is 10.6. The number of aliphatic hydroxyl groups is 1. The Morgan fingerprint density at radius 3 is 2.75 bits per heavy atom. The number of nitrogens with zero attached hydrogens (tertiary/aromatic N) is 4. The Morgan fingerprint density at radius 2 is 2.09 bits per heavy atom. The van der Waals surface area contributed by atoms with Gasteiger partial charge in [0.15, 0.2) is 5.69 Å². The molecule has 2 N–H and O–H groups in total. The smallest absolute Gasteiger partial charge is 0.321 e. The van der Waals surface area contributed by atoms with Gasteiger partial charge in [-0.3, -0.25) is 9.48 Å². The van der Waals surface area contributed by atoms with Crippen LogP contribution in [0, 0.1) is 24.5 Å². The molecule has 32 heavy (non-hydrogen) atoms. The molecule has 0 saturated heterocycles. The van der Waals surface area contributed by atoms with Gasteiger partial charge in [-0.05, 0) is 43.9 Å². The molecule has 1 aliphatic carbocycles. The number of hydrogen-bond donors (Lipinski definition) is 2. The van der Waals surface area contributed by atoms with E-state index in [1.165, 1.54) is 6.07 Å². The second-order valence-electron chi connectivity index (χ2n) is 8.64. The van der Waals surface area contributed by atoms with Gasteiger partial charge < -0.3 is 20.5 Å². The van der Waals surface area contributed by atoms with Crippen LogP contribution in [0.1, 0.15) is 47.9 Å². The molecule has 0 spiro atoms. The summed E-state index contributed by atoms with van der Waals surface area (Å²) in [4.78, 5) is 14.7. The van der Waals surface area contributed by atoms with E-state index >= 15 is 0 Å². The lowest BCUT2D eigenvalue weighted by Crippen LogP contribution is -2.39. The topological polar surface area (TPSA) is 97.3 Å². The van der Waals surface area contributed by atoms with Crippen molar-refractivity contribution in [3.8, 4) is 12.3 Å². The standard InChI is InChI=1S/C24H27N5O3/c1-5-24(31)11-9-18(10-12-24)28-15-17-13-20(22(27(3)4)14-19(17)26-28)25-23(30)21-8-6-7-16(2)29(21)32/h1,6-8,13-15,18,31H,9-12H2,2-4H3,(H,25,30). The van der Waals surface area contributed by atoms with Gasteiger partial charge in [0, 0.05) is 44.7 Å². The Bertz CT molecular complexity index is 1220. The summed E-state index contributed by atoms with van der Waals surface area (Å²) >= 11 is 0. The van der Waals surface area contributed by atoms with Gasteiger partial charge in [-0.15, -0.1) is 6.42 Å². The lowest BCUT2D eigenvalue weighted by atomic mass is 9.83. The number of pyridine rings is 1. The van der Waals surface area contributed by atoms with Crippen molar-refractivity contribution in [3.63, 3.8) is 0 Å². The van der Waals surface area contributed by atoms with Crippen molar-refractivity contribution in [2.75, 3.05) is 24.3 Å². The molecule has 4 rings (SSSR count). The van der Waals surface area contributed by atoms with Crippen molar-refractivity contribution in [1.29, 1.82) is 0 Å². The van der Waals surface area contributed by atoms with Crippen LogP contribution in [0.25, 0.3) is 10.9 Å². The van der Waals surface area contributed by atoms with Gasteiger partial charge in [0.05, 0.1) is 22.9 Å². The fraction of sp³-hybridized carbons (Fsp3) is 0.375. The van der Waals surface area contributed by atoms with Crippen LogP contribution >= 0.6 is 0 Å². The van der Waals surface area contributed by atoms with Crippen LogP contribution < -0.4 is 14.9 Å². The summed E-state index contributed by atoms with van der Waals surface area (Å²) in [6, 6.07) is 8.79. The Kier molecular flexibility index (Phi) is 5.53. The van der Waals surface area contributed by atoms with Crippen LogP contribution in [0.4, 0.5) is 11.4 Å². The first-order valence-corrected chi connectivity index (χ1v) is 10.6. The number of rotatable bonds is 4. The monoisotopic (exact) mass is 433 g/mol. The quantitative estimate of drug-likeness (QED) is 0.375. The molecule has 2 aromatic heterocycles. The van der Waals surface area contributed by atoms with E-state index in [-0.39, 0.29) is 11.7 Å². The van der Waals surface area contributed by atoms with E-state index in [0.29, 0.717) is 29.0 Å². The minimum Gasteiger partial charge on any atom is -0.618 e. The molecular weight excluding hydrogens is 406 g/mol. The molecule has 1 fully saturated rings. The van der Waals surface area contributed by atoms with Gasteiger partial charge in [0.25, 0.3) is 5.69 Å². The number of aryl methyl sites for hydroxylation is 1. The number of benzene rings is 1.